The smallest absolute Gasteiger partial charge is 0.490 e. The van der Waals surface area contributed by atoms with Crippen LogP contribution in [-0.2, 0) is 24.4 Å². The van der Waals surface area contributed by atoms with Crippen LogP contribution in [0.25, 0.3) is 0 Å². The molecule has 14 heteroatoms. The summed E-state index contributed by atoms with van der Waals surface area (Å²) in [7, 11) is -4.05. The topological polar surface area (TPSA) is 107 Å². The Hall–Kier alpha value is -2.13. The SMILES string of the molecule is O=C(NOC1CCCCO1)C1(S(=O)(=O)N2CCC(Oc3ccc(OC(F)(F)F)cc3)CC2)CCN(C2CC2)CC1. The van der Waals surface area contributed by atoms with E-state index in [0.717, 1.165) is 25.7 Å². The van der Waals surface area contributed by atoms with Crippen molar-refractivity contribution in [3.8, 4) is 11.5 Å². The van der Waals surface area contributed by atoms with E-state index in [-0.39, 0.29) is 37.8 Å². The summed E-state index contributed by atoms with van der Waals surface area (Å²) in [6, 6.07) is 5.57. The summed E-state index contributed by atoms with van der Waals surface area (Å²) in [5, 5.41) is 0. The Kier molecular flexibility index (Phi) is 8.81. The summed E-state index contributed by atoms with van der Waals surface area (Å²) >= 11 is 0. The number of benzene rings is 1. The zero-order chi connectivity index (χ0) is 28.4. The van der Waals surface area contributed by atoms with Gasteiger partial charge in [-0.2, -0.15) is 0 Å². The second-order valence-electron chi connectivity index (χ2n) is 10.8. The lowest BCUT2D eigenvalue weighted by atomic mass is 9.94. The first-order valence-electron chi connectivity index (χ1n) is 13.9. The van der Waals surface area contributed by atoms with Gasteiger partial charge in [-0.05, 0) is 75.6 Å². The molecule has 40 heavy (non-hydrogen) atoms. The first kappa shape index (κ1) is 29.4. The number of nitrogens with one attached hydrogen (secondary N) is 1. The van der Waals surface area contributed by atoms with E-state index in [4.69, 9.17) is 14.3 Å². The van der Waals surface area contributed by atoms with Crippen LogP contribution in [0.5, 0.6) is 11.5 Å². The van der Waals surface area contributed by atoms with Gasteiger partial charge in [-0.3, -0.25) is 4.79 Å². The highest BCUT2D eigenvalue weighted by Gasteiger charge is 2.56. The lowest BCUT2D eigenvalue weighted by molar-refractivity contribution is -0.274. The molecule has 0 spiro atoms. The van der Waals surface area contributed by atoms with Crippen molar-refractivity contribution < 1.29 is 45.4 Å². The highest BCUT2D eigenvalue weighted by molar-refractivity contribution is 7.91. The molecule has 4 fully saturated rings. The van der Waals surface area contributed by atoms with Gasteiger partial charge in [0, 0.05) is 45.2 Å². The molecule has 1 atom stereocenters. The summed E-state index contributed by atoms with van der Waals surface area (Å²) in [5.74, 6) is -0.644. The molecule has 1 N–H and O–H groups in total. The summed E-state index contributed by atoms with van der Waals surface area (Å²) in [4.78, 5) is 21.3. The van der Waals surface area contributed by atoms with Gasteiger partial charge in [-0.15, -0.1) is 13.2 Å². The first-order chi connectivity index (χ1) is 19.1. The average Bonchev–Trinajstić information content (AvgIpc) is 3.79. The number of hydrogen-bond acceptors (Lipinski definition) is 8. The Balaban J connectivity index is 1.21. The van der Waals surface area contributed by atoms with Crippen LogP contribution in [0.4, 0.5) is 13.2 Å². The van der Waals surface area contributed by atoms with Crippen molar-refractivity contribution in [2.24, 2.45) is 0 Å². The number of carbonyl (C=O) groups excluding carboxylic acids is 1. The number of hydroxylamine groups is 1. The summed E-state index contributed by atoms with van der Waals surface area (Å²) in [5.41, 5.74) is 2.43. The summed E-state index contributed by atoms with van der Waals surface area (Å²) < 4.78 is 80.4. The Morgan fingerprint density at radius 1 is 0.950 bits per heavy atom. The molecule has 1 aromatic carbocycles. The predicted molar refractivity (Wildman–Crippen MR) is 137 cm³/mol. The molecule has 0 aromatic heterocycles. The number of carbonyl (C=O) groups is 1. The van der Waals surface area contributed by atoms with Gasteiger partial charge in [0.15, 0.2) is 11.0 Å². The second kappa shape index (κ2) is 12.0. The van der Waals surface area contributed by atoms with Gasteiger partial charge in [-0.1, -0.05) is 0 Å². The molecular formula is C26H36F3N3O7S. The number of amides is 1. The fourth-order valence-electron chi connectivity index (χ4n) is 5.66. The van der Waals surface area contributed by atoms with Gasteiger partial charge in [0.05, 0.1) is 0 Å². The van der Waals surface area contributed by atoms with E-state index in [9.17, 15) is 26.4 Å². The largest absolute Gasteiger partial charge is 0.573 e. The quantitative estimate of drug-likeness (QED) is 0.436. The molecule has 0 radical (unpaired) electrons. The van der Waals surface area contributed by atoms with Crippen LogP contribution in [0.2, 0.25) is 0 Å². The third-order valence-corrected chi connectivity index (χ3v) is 10.7. The number of sulfonamides is 1. The molecule has 10 nitrogen and oxygen atoms in total. The molecule has 5 rings (SSSR count). The van der Waals surface area contributed by atoms with Crippen LogP contribution in [0, 0.1) is 0 Å². The minimum Gasteiger partial charge on any atom is -0.490 e. The molecule has 3 heterocycles. The van der Waals surface area contributed by atoms with Gasteiger partial charge in [0.25, 0.3) is 5.91 Å². The van der Waals surface area contributed by atoms with Gasteiger partial charge < -0.3 is 19.1 Å². The van der Waals surface area contributed by atoms with Crippen LogP contribution in [-0.4, -0.2) is 85.9 Å². The average molecular weight is 592 g/mol. The van der Waals surface area contributed by atoms with Crippen LogP contribution in [0.1, 0.15) is 57.8 Å². The van der Waals surface area contributed by atoms with E-state index in [2.05, 4.69) is 15.1 Å². The van der Waals surface area contributed by atoms with Crippen molar-refractivity contribution in [3.63, 3.8) is 0 Å². The number of piperidine rings is 2. The monoisotopic (exact) mass is 591 g/mol. The normalized spacial score (nSPS) is 25.3. The molecule has 1 aromatic rings. The maximum atomic E-state index is 14.1. The molecule has 224 valence electrons. The minimum absolute atomic E-state index is 0.163. The van der Waals surface area contributed by atoms with Crippen molar-refractivity contribution in [2.45, 2.75) is 87.3 Å². The van der Waals surface area contributed by atoms with Crippen LogP contribution < -0.4 is 15.0 Å². The molecule has 1 aliphatic carbocycles. The number of alkyl halides is 3. The fourth-order valence-corrected chi connectivity index (χ4v) is 7.82. The van der Waals surface area contributed by atoms with Crippen molar-refractivity contribution in [1.29, 1.82) is 0 Å². The molecule has 3 aliphatic heterocycles. The van der Waals surface area contributed by atoms with Gasteiger partial charge in [0.2, 0.25) is 10.0 Å². The van der Waals surface area contributed by atoms with Crippen molar-refractivity contribution in [3.05, 3.63) is 24.3 Å². The Bertz CT molecular complexity index is 1110. The van der Waals surface area contributed by atoms with Gasteiger partial charge in [-0.25, -0.2) is 23.0 Å². The maximum absolute atomic E-state index is 14.1. The Morgan fingerprint density at radius 3 is 2.17 bits per heavy atom. The zero-order valence-electron chi connectivity index (χ0n) is 22.2. The van der Waals surface area contributed by atoms with Crippen LogP contribution in [0.15, 0.2) is 24.3 Å². The predicted octanol–water partition coefficient (Wildman–Crippen LogP) is 3.33. The zero-order valence-corrected chi connectivity index (χ0v) is 23.1. The molecule has 1 amide bonds. The number of halogens is 3. The standard InChI is InChI=1S/C26H36F3N3O7S/c27-26(28,29)38-22-8-6-20(7-9-22)37-21-10-14-32(15-11-21)40(34,35)25(12-16-31(17-13-25)19-4-5-19)24(33)30-39-23-3-1-2-18-36-23/h6-9,19,21,23H,1-5,10-18H2,(H,30,33). The van der Waals surface area contributed by atoms with Gasteiger partial charge >= 0.3 is 6.36 Å². The van der Waals surface area contributed by atoms with E-state index in [0.29, 0.717) is 50.8 Å². The summed E-state index contributed by atoms with van der Waals surface area (Å²) in [6.07, 6.45) is 0.0461. The van der Waals surface area contributed by atoms with E-state index in [1.807, 2.05) is 0 Å². The Morgan fingerprint density at radius 2 is 1.60 bits per heavy atom. The van der Waals surface area contributed by atoms with Crippen LogP contribution in [0.3, 0.4) is 0 Å². The lowest BCUT2D eigenvalue weighted by Gasteiger charge is -2.43. The molecule has 1 unspecified atom stereocenters. The van der Waals surface area contributed by atoms with E-state index in [1.54, 1.807) is 0 Å². The van der Waals surface area contributed by atoms with Crippen molar-refractivity contribution in [2.75, 3.05) is 32.8 Å². The highest BCUT2D eigenvalue weighted by atomic mass is 32.2. The number of nitrogens with zero attached hydrogens (tertiary/aromatic N) is 2. The number of ether oxygens (including phenoxy) is 3. The molecular weight excluding hydrogens is 555 g/mol. The van der Waals surface area contributed by atoms with E-state index in [1.165, 1.54) is 28.6 Å². The first-order valence-corrected chi connectivity index (χ1v) is 15.3. The van der Waals surface area contributed by atoms with Crippen molar-refractivity contribution in [1.82, 2.24) is 14.7 Å². The molecule has 4 aliphatic rings. The van der Waals surface area contributed by atoms with Crippen molar-refractivity contribution >= 4 is 15.9 Å². The van der Waals surface area contributed by atoms with E-state index >= 15 is 0 Å². The third-order valence-electron chi connectivity index (χ3n) is 8.10. The fraction of sp³-hybridized carbons (Fsp3) is 0.731. The summed E-state index contributed by atoms with van der Waals surface area (Å²) in [6.45, 7) is 1.89. The molecule has 0 bridgehead atoms. The molecule has 3 saturated heterocycles. The van der Waals surface area contributed by atoms with E-state index < -0.39 is 33.3 Å². The number of hydrogen-bond donors (Lipinski definition) is 1. The second-order valence-corrected chi connectivity index (χ2v) is 13.1. The minimum atomic E-state index is -4.78. The molecule has 1 saturated carbocycles. The Labute approximate surface area is 232 Å². The highest BCUT2D eigenvalue weighted by Crippen LogP contribution is 2.39. The number of rotatable bonds is 9. The van der Waals surface area contributed by atoms with Crippen LogP contribution >= 0.6 is 0 Å². The van der Waals surface area contributed by atoms with Gasteiger partial charge in [0.1, 0.15) is 17.6 Å². The third kappa shape index (κ3) is 6.84. The lowest BCUT2D eigenvalue weighted by Crippen LogP contribution is -2.63. The number of likely N-dealkylation sites (tertiary alicyclic amines) is 1. The maximum Gasteiger partial charge on any atom is 0.573 e.